The van der Waals surface area contributed by atoms with E-state index in [4.69, 9.17) is 11.6 Å². The highest BCUT2D eigenvalue weighted by atomic mass is 35.5. The summed E-state index contributed by atoms with van der Waals surface area (Å²) in [5, 5.41) is 26.0. The van der Waals surface area contributed by atoms with E-state index in [0.717, 1.165) is 23.3 Å². The van der Waals surface area contributed by atoms with Gasteiger partial charge in [0, 0.05) is 28.5 Å². The summed E-state index contributed by atoms with van der Waals surface area (Å²) in [7, 11) is 0. The number of benzene rings is 2. The van der Waals surface area contributed by atoms with Gasteiger partial charge in [0.1, 0.15) is 33.5 Å². The fraction of sp³-hybridized carbons (Fsp3) is 0.282. The molecule has 0 spiro atoms. The standard InChI is InChI=1S/C20H19F3N4O2.C19H19ClN4O2/c1-11(19(2,3)29)26-18(28)16-10-25-15-9-24-8-14(17(15)27-16)12-4-6-13(7-5-12)20(21,22)23;1-11(19(2,3)26)23-18(25)16-10-22-15-9-21-8-14(17(15)24-16)12-4-6-13(20)7-5-12/h4-11,29H,1-3H3,(H,26,28);4-11,26H,1-3H3,(H,23,25). The molecule has 0 aliphatic rings. The smallest absolute Gasteiger partial charge is 0.388 e. The van der Waals surface area contributed by atoms with Crippen molar-refractivity contribution < 1.29 is 33.0 Å². The van der Waals surface area contributed by atoms with E-state index in [1.165, 1.54) is 36.9 Å². The first-order chi connectivity index (χ1) is 25.7. The number of nitrogens with zero attached hydrogens (tertiary/aromatic N) is 6. The lowest BCUT2D eigenvalue weighted by Crippen LogP contribution is -2.47. The van der Waals surface area contributed by atoms with Gasteiger partial charge in [0.2, 0.25) is 0 Å². The van der Waals surface area contributed by atoms with E-state index in [1.54, 1.807) is 66.1 Å². The number of hydrogen-bond donors (Lipinski definition) is 4. The summed E-state index contributed by atoms with van der Waals surface area (Å²) in [6.45, 7) is 9.79. The van der Waals surface area contributed by atoms with Gasteiger partial charge in [0.25, 0.3) is 11.8 Å². The van der Waals surface area contributed by atoms with Crippen molar-refractivity contribution in [3.8, 4) is 22.3 Å². The van der Waals surface area contributed by atoms with Crippen LogP contribution in [-0.4, -0.2) is 75.2 Å². The molecule has 6 aromatic rings. The number of hydrogen-bond acceptors (Lipinski definition) is 10. The van der Waals surface area contributed by atoms with Crippen molar-refractivity contribution >= 4 is 45.5 Å². The molecule has 6 rings (SSSR count). The van der Waals surface area contributed by atoms with E-state index < -0.39 is 46.8 Å². The molecule has 0 bridgehead atoms. The van der Waals surface area contributed by atoms with E-state index in [2.05, 4.69) is 40.5 Å². The van der Waals surface area contributed by atoms with Crippen LogP contribution in [0.1, 0.15) is 68.1 Å². The molecule has 0 saturated carbocycles. The fourth-order valence-electron chi connectivity index (χ4n) is 4.87. The molecule has 16 heteroatoms. The van der Waals surface area contributed by atoms with Gasteiger partial charge in [-0.3, -0.25) is 29.5 Å². The minimum absolute atomic E-state index is 0.0213. The number of carbonyl (C=O) groups excluding carboxylic acids is 2. The molecule has 4 N–H and O–H groups in total. The van der Waals surface area contributed by atoms with Crippen molar-refractivity contribution in [2.24, 2.45) is 0 Å². The minimum atomic E-state index is -4.43. The third kappa shape index (κ3) is 9.92. The Bertz CT molecular complexity index is 2330. The van der Waals surface area contributed by atoms with Crippen LogP contribution in [0.5, 0.6) is 0 Å². The van der Waals surface area contributed by atoms with Crippen LogP contribution in [0.4, 0.5) is 13.2 Å². The molecule has 0 radical (unpaired) electrons. The Morgan fingerprint density at radius 1 is 0.636 bits per heavy atom. The van der Waals surface area contributed by atoms with Crippen molar-refractivity contribution in [2.45, 2.75) is 71.0 Å². The molecule has 2 amide bonds. The Labute approximate surface area is 319 Å². The van der Waals surface area contributed by atoms with Crippen LogP contribution >= 0.6 is 11.6 Å². The van der Waals surface area contributed by atoms with E-state index in [0.29, 0.717) is 38.2 Å². The lowest BCUT2D eigenvalue weighted by atomic mass is 10.0. The summed E-state index contributed by atoms with van der Waals surface area (Å²) < 4.78 is 38.4. The monoisotopic (exact) mass is 774 g/mol. The molecule has 2 aromatic carbocycles. The zero-order valence-electron chi connectivity index (χ0n) is 30.6. The first-order valence-corrected chi connectivity index (χ1v) is 17.3. The molecule has 286 valence electrons. The Balaban J connectivity index is 0.000000212. The van der Waals surface area contributed by atoms with E-state index in [1.807, 2.05) is 12.1 Å². The molecule has 12 nitrogen and oxygen atoms in total. The summed E-state index contributed by atoms with van der Waals surface area (Å²) in [5.41, 5.74) is 1.72. The van der Waals surface area contributed by atoms with Crippen LogP contribution in [0.2, 0.25) is 5.02 Å². The number of nitrogens with one attached hydrogen (secondary N) is 2. The molecule has 0 aliphatic carbocycles. The lowest BCUT2D eigenvalue weighted by Gasteiger charge is -2.26. The molecule has 0 aliphatic heterocycles. The number of amides is 2. The molecule has 0 saturated heterocycles. The van der Waals surface area contributed by atoms with Gasteiger partial charge in [0.05, 0.1) is 53.6 Å². The lowest BCUT2D eigenvalue weighted by molar-refractivity contribution is -0.137. The van der Waals surface area contributed by atoms with Crippen LogP contribution in [0.15, 0.2) is 85.7 Å². The normalized spacial score (nSPS) is 13.1. The van der Waals surface area contributed by atoms with Gasteiger partial charge >= 0.3 is 6.18 Å². The molecule has 2 unspecified atom stereocenters. The zero-order chi connectivity index (χ0) is 40.3. The number of fused-ring (bicyclic) bond motifs is 2. The first kappa shape index (κ1) is 40.5. The highest BCUT2D eigenvalue weighted by Gasteiger charge is 2.30. The fourth-order valence-corrected chi connectivity index (χ4v) is 5.00. The van der Waals surface area contributed by atoms with E-state index in [-0.39, 0.29) is 11.4 Å². The van der Waals surface area contributed by atoms with Crippen LogP contribution in [0.25, 0.3) is 44.3 Å². The van der Waals surface area contributed by atoms with Crippen molar-refractivity contribution in [2.75, 3.05) is 0 Å². The van der Waals surface area contributed by atoms with Gasteiger partial charge in [-0.25, -0.2) is 9.97 Å². The predicted octanol–water partition coefficient (Wildman–Crippen LogP) is 6.83. The SMILES string of the molecule is CC(NC(=O)c1cnc2cncc(-c3ccc(C(F)(F)F)cc3)c2n1)C(C)(C)O.CC(NC(=O)c1cnc2cncc(-c3ccc(Cl)cc3)c2n1)C(C)(C)O. The number of rotatable bonds is 8. The van der Waals surface area contributed by atoms with Gasteiger partial charge in [-0.15, -0.1) is 0 Å². The van der Waals surface area contributed by atoms with Gasteiger partial charge in [-0.1, -0.05) is 35.9 Å². The Kier molecular flexibility index (Phi) is 11.8. The Morgan fingerprint density at radius 2 is 1.02 bits per heavy atom. The second-order valence-electron chi connectivity index (χ2n) is 13.9. The van der Waals surface area contributed by atoms with E-state index in [9.17, 15) is 33.0 Å². The topological polar surface area (TPSA) is 176 Å². The zero-order valence-corrected chi connectivity index (χ0v) is 31.4. The second-order valence-corrected chi connectivity index (χ2v) is 14.3. The largest absolute Gasteiger partial charge is 0.416 e. The molecule has 4 aromatic heterocycles. The molecule has 4 heterocycles. The summed E-state index contributed by atoms with van der Waals surface area (Å²) in [6.07, 6.45) is 4.45. The average Bonchev–Trinajstić information content (AvgIpc) is 3.13. The highest BCUT2D eigenvalue weighted by molar-refractivity contribution is 6.30. The molecular weight excluding hydrogens is 737 g/mol. The van der Waals surface area contributed by atoms with Crippen LogP contribution < -0.4 is 10.6 Å². The summed E-state index contributed by atoms with van der Waals surface area (Å²) in [6, 6.07) is 10.9. The quantitative estimate of drug-likeness (QED) is 0.128. The first-order valence-electron chi connectivity index (χ1n) is 16.9. The van der Waals surface area contributed by atoms with Crippen molar-refractivity contribution in [1.29, 1.82) is 0 Å². The summed E-state index contributed by atoms with van der Waals surface area (Å²) in [5.74, 6) is -0.919. The molecule has 0 fully saturated rings. The van der Waals surface area contributed by atoms with Crippen molar-refractivity contribution in [3.05, 3.63) is 108 Å². The number of aromatic nitrogens is 6. The Hall–Kier alpha value is -5.64. The summed E-state index contributed by atoms with van der Waals surface area (Å²) >= 11 is 5.95. The maximum Gasteiger partial charge on any atom is 0.416 e. The van der Waals surface area contributed by atoms with Crippen molar-refractivity contribution in [3.63, 3.8) is 0 Å². The van der Waals surface area contributed by atoms with Gasteiger partial charge in [0.15, 0.2) is 0 Å². The number of halogens is 4. The number of aliphatic hydroxyl groups is 2. The Morgan fingerprint density at radius 3 is 1.38 bits per heavy atom. The van der Waals surface area contributed by atoms with Gasteiger partial charge in [-0.05, 0) is 76.9 Å². The third-order valence-corrected chi connectivity index (χ3v) is 9.12. The van der Waals surface area contributed by atoms with Crippen LogP contribution in [0.3, 0.4) is 0 Å². The second kappa shape index (κ2) is 16.0. The van der Waals surface area contributed by atoms with Crippen LogP contribution in [0, 0.1) is 0 Å². The number of pyridine rings is 2. The molecule has 2 atom stereocenters. The number of alkyl halides is 3. The third-order valence-electron chi connectivity index (χ3n) is 8.87. The maximum atomic E-state index is 12.8. The molecular formula is C39H38ClF3N8O4. The van der Waals surface area contributed by atoms with E-state index >= 15 is 0 Å². The van der Waals surface area contributed by atoms with Gasteiger partial charge in [-0.2, -0.15) is 13.2 Å². The van der Waals surface area contributed by atoms with Crippen LogP contribution in [-0.2, 0) is 6.18 Å². The predicted molar refractivity (Wildman–Crippen MR) is 202 cm³/mol. The highest BCUT2D eigenvalue weighted by Crippen LogP contribution is 2.32. The van der Waals surface area contributed by atoms with Crippen molar-refractivity contribution in [1.82, 2.24) is 40.5 Å². The van der Waals surface area contributed by atoms with Gasteiger partial charge < -0.3 is 20.8 Å². The molecule has 55 heavy (non-hydrogen) atoms. The minimum Gasteiger partial charge on any atom is -0.388 e. The average molecular weight is 775 g/mol. The summed E-state index contributed by atoms with van der Waals surface area (Å²) in [4.78, 5) is 50.5. The maximum absolute atomic E-state index is 12.8. The number of carbonyl (C=O) groups is 2.